The Morgan fingerprint density at radius 3 is 2.58 bits per heavy atom. The second-order valence-corrected chi connectivity index (χ2v) is 6.22. The Labute approximate surface area is 114 Å². The predicted octanol–water partition coefficient (Wildman–Crippen LogP) is 2.66. The van der Waals surface area contributed by atoms with Crippen molar-refractivity contribution >= 4 is 11.6 Å². The summed E-state index contributed by atoms with van der Waals surface area (Å²) in [5, 5.41) is 0. The van der Waals surface area contributed by atoms with Crippen LogP contribution < -0.4 is 5.73 Å². The van der Waals surface area contributed by atoms with Gasteiger partial charge in [0, 0.05) is 25.2 Å². The summed E-state index contributed by atoms with van der Waals surface area (Å²) in [4.78, 5) is 14.4. The van der Waals surface area contributed by atoms with Crippen LogP contribution in [-0.2, 0) is 11.3 Å². The number of amides is 1. The number of benzene rings is 1. The number of anilines is 1. The van der Waals surface area contributed by atoms with Crippen LogP contribution in [0.4, 0.5) is 5.69 Å². The minimum Gasteiger partial charge on any atom is -0.399 e. The van der Waals surface area contributed by atoms with Crippen LogP contribution in [0, 0.1) is 17.8 Å². The normalized spacial score (nSPS) is 28.6. The molecule has 102 valence electrons. The van der Waals surface area contributed by atoms with Gasteiger partial charge in [-0.2, -0.15) is 0 Å². The number of nitrogens with two attached hydrogens (primary N) is 1. The standard InChI is InChI=1S/C16H22N2O/c1-18(10-11-3-6-14(17)7-4-11)16(19)15-9-12-2-5-13(15)8-12/h3-4,6-7,12-13,15H,2,5,8-10,17H2,1H3. The molecule has 0 aliphatic heterocycles. The molecule has 2 aliphatic carbocycles. The first-order valence-electron chi connectivity index (χ1n) is 7.23. The molecule has 1 aromatic carbocycles. The molecule has 3 heteroatoms. The van der Waals surface area contributed by atoms with Crippen molar-refractivity contribution in [1.29, 1.82) is 0 Å². The molecule has 1 amide bonds. The molecule has 2 saturated carbocycles. The highest BCUT2D eigenvalue weighted by Crippen LogP contribution is 2.48. The molecular weight excluding hydrogens is 236 g/mol. The van der Waals surface area contributed by atoms with Gasteiger partial charge in [0.25, 0.3) is 0 Å². The number of nitrogens with zero attached hydrogens (tertiary/aromatic N) is 1. The van der Waals surface area contributed by atoms with E-state index in [2.05, 4.69) is 0 Å². The van der Waals surface area contributed by atoms with E-state index in [1.165, 1.54) is 19.3 Å². The maximum absolute atomic E-state index is 12.5. The molecule has 19 heavy (non-hydrogen) atoms. The monoisotopic (exact) mass is 258 g/mol. The van der Waals surface area contributed by atoms with E-state index in [9.17, 15) is 4.79 Å². The smallest absolute Gasteiger partial charge is 0.226 e. The quantitative estimate of drug-likeness (QED) is 0.847. The summed E-state index contributed by atoms with van der Waals surface area (Å²) in [7, 11) is 1.92. The maximum Gasteiger partial charge on any atom is 0.226 e. The van der Waals surface area contributed by atoms with Crippen LogP contribution in [0.2, 0.25) is 0 Å². The molecule has 3 atom stereocenters. The first-order valence-corrected chi connectivity index (χ1v) is 7.23. The Bertz CT molecular complexity index is 468. The molecule has 0 radical (unpaired) electrons. The van der Waals surface area contributed by atoms with Crippen LogP contribution in [0.15, 0.2) is 24.3 Å². The SMILES string of the molecule is CN(Cc1ccc(N)cc1)C(=O)C1CC2CCC1C2. The van der Waals surface area contributed by atoms with Crippen molar-refractivity contribution in [2.24, 2.45) is 17.8 Å². The number of hydrogen-bond acceptors (Lipinski definition) is 2. The van der Waals surface area contributed by atoms with E-state index < -0.39 is 0 Å². The van der Waals surface area contributed by atoms with Crippen molar-refractivity contribution in [2.75, 3.05) is 12.8 Å². The van der Waals surface area contributed by atoms with Gasteiger partial charge in [-0.1, -0.05) is 18.6 Å². The minimum absolute atomic E-state index is 0.289. The zero-order chi connectivity index (χ0) is 13.4. The molecular formula is C16H22N2O. The summed E-state index contributed by atoms with van der Waals surface area (Å²) in [5.41, 5.74) is 7.59. The zero-order valence-corrected chi connectivity index (χ0v) is 11.5. The Kier molecular flexibility index (Phi) is 3.21. The Hall–Kier alpha value is -1.51. The van der Waals surface area contributed by atoms with Crippen molar-refractivity contribution in [1.82, 2.24) is 4.90 Å². The molecule has 3 rings (SSSR count). The Morgan fingerprint density at radius 2 is 2.00 bits per heavy atom. The number of fused-ring (bicyclic) bond motifs is 2. The first kappa shape index (κ1) is 12.5. The lowest BCUT2D eigenvalue weighted by Crippen LogP contribution is -2.35. The van der Waals surface area contributed by atoms with Crippen LogP contribution in [0.25, 0.3) is 0 Å². The van der Waals surface area contributed by atoms with Crippen LogP contribution in [0.1, 0.15) is 31.2 Å². The zero-order valence-electron chi connectivity index (χ0n) is 11.5. The van der Waals surface area contributed by atoms with E-state index in [1.54, 1.807) is 0 Å². The van der Waals surface area contributed by atoms with Crippen LogP contribution in [0.3, 0.4) is 0 Å². The topological polar surface area (TPSA) is 46.3 Å². The Balaban J connectivity index is 1.62. The lowest BCUT2D eigenvalue weighted by Gasteiger charge is -2.26. The molecule has 1 aromatic rings. The first-order chi connectivity index (χ1) is 9.13. The van der Waals surface area contributed by atoms with Crippen molar-refractivity contribution in [3.05, 3.63) is 29.8 Å². The summed E-state index contributed by atoms with van der Waals surface area (Å²) >= 11 is 0. The lowest BCUT2D eigenvalue weighted by molar-refractivity contribution is -0.136. The fraction of sp³-hybridized carbons (Fsp3) is 0.562. The largest absolute Gasteiger partial charge is 0.399 e. The van der Waals surface area contributed by atoms with E-state index in [-0.39, 0.29) is 5.92 Å². The summed E-state index contributed by atoms with van der Waals surface area (Å²) in [6, 6.07) is 7.79. The van der Waals surface area contributed by atoms with Gasteiger partial charge in [-0.05, 0) is 48.8 Å². The molecule has 0 heterocycles. The second kappa shape index (κ2) is 4.87. The molecule has 2 fully saturated rings. The molecule has 2 N–H and O–H groups in total. The molecule has 0 aromatic heterocycles. The average molecular weight is 258 g/mol. The van der Waals surface area contributed by atoms with Gasteiger partial charge in [0.1, 0.15) is 0 Å². The number of carbonyl (C=O) groups is 1. The summed E-state index contributed by atoms with van der Waals surface area (Å²) in [6.45, 7) is 0.687. The summed E-state index contributed by atoms with van der Waals surface area (Å²) in [6.07, 6.45) is 5.01. The number of carbonyl (C=O) groups excluding carboxylic acids is 1. The number of hydrogen-bond donors (Lipinski definition) is 1. The molecule has 3 nitrogen and oxygen atoms in total. The highest BCUT2D eigenvalue weighted by atomic mass is 16.2. The lowest BCUT2D eigenvalue weighted by atomic mass is 9.88. The van der Waals surface area contributed by atoms with Crippen molar-refractivity contribution in [3.63, 3.8) is 0 Å². The van der Waals surface area contributed by atoms with E-state index in [0.29, 0.717) is 18.4 Å². The van der Waals surface area contributed by atoms with E-state index in [1.807, 2.05) is 36.2 Å². The minimum atomic E-state index is 0.289. The van der Waals surface area contributed by atoms with Gasteiger partial charge in [-0.15, -0.1) is 0 Å². The van der Waals surface area contributed by atoms with Crippen LogP contribution >= 0.6 is 0 Å². The molecule has 2 bridgehead atoms. The van der Waals surface area contributed by atoms with Gasteiger partial charge in [-0.25, -0.2) is 0 Å². The molecule has 3 unspecified atom stereocenters. The second-order valence-electron chi connectivity index (χ2n) is 6.22. The molecule has 0 spiro atoms. The highest BCUT2D eigenvalue weighted by Gasteiger charge is 2.43. The van der Waals surface area contributed by atoms with Crippen molar-refractivity contribution in [3.8, 4) is 0 Å². The fourth-order valence-electron chi connectivity index (χ4n) is 3.81. The average Bonchev–Trinajstić information content (AvgIpc) is 3.03. The Morgan fingerprint density at radius 1 is 1.26 bits per heavy atom. The van der Waals surface area contributed by atoms with Gasteiger partial charge in [0.05, 0.1) is 0 Å². The predicted molar refractivity (Wildman–Crippen MR) is 76.3 cm³/mol. The summed E-state index contributed by atoms with van der Waals surface area (Å²) in [5.74, 6) is 2.11. The van der Waals surface area contributed by atoms with Gasteiger partial charge in [0.15, 0.2) is 0 Å². The van der Waals surface area contributed by atoms with Gasteiger partial charge >= 0.3 is 0 Å². The summed E-state index contributed by atoms with van der Waals surface area (Å²) < 4.78 is 0. The third-order valence-corrected chi connectivity index (χ3v) is 4.83. The molecule has 2 aliphatic rings. The number of rotatable bonds is 3. The maximum atomic E-state index is 12.5. The third kappa shape index (κ3) is 2.46. The van der Waals surface area contributed by atoms with Gasteiger partial charge < -0.3 is 10.6 Å². The van der Waals surface area contributed by atoms with E-state index >= 15 is 0 Å². The fourth-order valence-corrected chi connectivity index (χ4v) is 3.81. The highest BCUT2D eigenvalue weighted by molar-refractivity contribution is 5.79. The van der Waals surface area contributed by atoms with Crippen molar-refractivity contribution < 1.29 is 4.79 Å². The molecule has 0 saturated heterocycles. The van der Waals surface area contributed by atoms with Crippen LogP contribution in [0.5, 0.6) is 0 Å². The number of nitrogen functional groups attached to an aromatic ring is 1. The van der Waals surface area contributed by atoms with Gasteiger partial charge in [-0.3, -0.25) is 4.79 Å². The van der Waals surface area contributed by atoms with E-state index in [0.717, 1.165) is 23.6 Å². The van der Waals surface area contributed by atoms with E-state index in [4.69, 9.17) is 5.73 Å². The van der Waals surface area contributed by atoms with Gasteiger partial charge in [0.2, 0.25) is 5.91 Å². The third-order valence-electron chi connectivity index (χ3n) is 4.83. The van der Waals surface area contributed by atoms with Crippen LogP contribution in [-0.4, -0.2) is 17.9 Å². The van der Waals surface area contributed by atoms with Crippen molar-refractivity contribution in [2.45, 2.75) is 32.2 Å².